The summed E-state index contributed by atoms with van der Waals surface area (Å²) in [6, 6.07) is 11.1. The van der Waals surface area contributed by atoms with Crippen LogP contribution < -0.4 is 5.32 Å². The molecule has 3 heteroatoms. The van der Waals surface area contributed by atoms with Crippen LogP contribution in [0.25, 0.3) is 11.0 Å². The van der Waals surface area contributed by atoms with Gasteiger partial charge in [0, 0.05) is 18.0 Å². The Morgan fingerprint density at radius 3 is 2.95 bits per heavy atom. The molecule has 1 saturated heterocycles. The molecule has 1 fully saturated rings. The molecule has 0 spiro atoms. The molecule has 0 aliphatic carbocycles. The second-order valence-corrected chi connectivity index (χ2v) is 6.13. The van der Waals surface area contributed by atoms with Crippen molar-refractivity contribution in [2.45, 2.75) is 45.2 Å². The van der Waals surface area contributed by atoms with Gasteiger partial charge in [-0.3, -0.25) is 4.90 Å². The highest BCUT2D eigenvalue weighted by Crippen LogP contribution is 2.20. The predicted molar refractivity (Wildman–Crippen MR) is 87.4 cm³/mol. The van der Waals surface area contributed by atoms with Crippen LogP contribution in [-0.4, -0.2) is 30.6 Å². The van der Waals surface area contributed by atoms with Gasteiger partial charge in [-0.15, -0.1) is 0 Å². The lowest BCUT2D eigenvalue weighted by atomic mass is 10.0. The topological polar surface area (TPSA) is 28.4 Å². The van der Waals surface area contributed by atoms with Crippen molar-refractivity contribution in [3.63, 3.8) is 0 Å². The van der Waals surface area contributed by atoms with Gasteiger partial charge in [-0.05, 0) is 44.5 Å². The maximum atomic E-state index is 5.97. The molecule has 2 heterocycles. The van der Waals surface area contributed by atoms with E-state index in [-0.39, 0.29) is 0 Å². The van der Waals surface area contributed by atoms with Gasteiger partial charge in [0.25, 0.3) is 0 Å². The number of fused-ring (bicyclic) bond motifs is 1. The maximum absolute atomic E-state index is 5.97. The number of rotatable bonds is 6. The highest BCUT2D eigenvalue weighted by molar-refractivity contribution is 5.77. The molecule has 21 heavy (non-hydrogen) atoms. The lowest BCUT2D eigenvalue weighted by molar-refractivity contribution is 0.205. The molecule has 2 aromatic rings. The van der Waals surface area contributed by atoms with E-state index in [1.54, 1.807) is 0 Å². The summed E-state index contributed by atoms with van der Waals surface area (Å²) >= 11 is 0. The molecule has 114 valence electrons. The lowest BCUT2D eigenvalue weighted by Crippen LogP contribution is -2.43. The molecule has 1 aromatic heterocycles. The molecule has 0 radical (unpaired) electrons. The van der Waals surface area contributed by atoms with Gasteiger partial charge in [0.15, 0.2) is 0 Å². The standard InChI is InChI=1S/C18H26N2O/c1-2-11-20(13-16-8-5-6-10-19-16)14-17-12-15-7-3-4-9-18(15)21-17/h3-4,7,9,12,16,19H,2,5-6,8,10-11,13-14H2,1H3. The minimum absolute atomic E-state index is 0.648. The van der Waals surface area contributed by atoms with Crippen molar-refractivity contribution in [3.05, 3.63) is 36.1 Å². The Balaban J connectivity index is 1.65. The van der Waals surface area contributed by atoms with E-state index in [0.29, 0.717) is 6.04 Å². The van der Waals surface area contributed by atoms with Crippen molar-refractivity contribution >= 4 is 11.0 Å². The average molecular weight is 286 g/mol. The van der Waals surface area contributed by atoms with Crippen molar-refractivity contribution in [2.75, 3.05) is 19.6 Å². The Bertz CT molecular complexity index is 524. The van der Waals surface area contributed by atoms with Crippen LogP contribution in [0.5, 0.6) is 0 Å². The highest BCUT2D eigenvalue weighted by Gasteiger charge is 2.17. The largest absolute Gasteiger partial charge is 0.460 e. The fourth-order valence-corrected chi connectivity index (χ4v) is 3.28. The zero-order chi connectivity index (χ0) is 14.5. The quantitative estimate of drug-likeness (QED) is 0.876. The minimum atomic E-state index is 0.648. The van der Waals surface area contributed by atoms with Crippen LogP contribution in [0.15, 0.2) is 34.7 Å². The predicted octanol–water partition coefficient (Wildman–Crippen LogP) is 3.79. The number of hydrogen-bond acceptors (Lipinski definition) is 3. The van der Waals surface area contributed by atoms with Crippen LogP contribution in [0.4, 0.5) is 0 Å². The third-order valence-corrected chi connectivity index (χ3v) is 4.29. The minimum Gasteiger partial charge on any atom is -0.460 e. The molecule has 1 aliphatic rings. The smallest absolute Gasteiger partial charge is 0.134 e. The van der Waals surface area contributed by atoms with Crippen molar-refractivity contribution in [1.29, 1.82) is 0 Å². The fraction of sp³-hybridized carbons (Fsp3) is 0.556. The summed E-state index contributed by atoms with van der Waals surface area (Å²) in [6.45, 7) is 6.61. The van der Waals surface area contributed by atoms with Gasteiger partial charge in [0.1, 0.15) is 11.3 Å². The molecule has 0 bridgehead atoms. The number of para-hydroxylation sites is 1. The Kier molecular flexibility index (Phi) is 4.94. The van der Waals surface area contributed by atoms with E-state index in [9.17, 15) is 0 Å². The van der Waals surface area contributed by atoms with E-state index in [4.69, 9.17) is 4.42 Å². The molecule has 1 atom stereocenters. The summed E-state index contributed by atoms with van der Waals surface area (Å²) in [5.74, 6) is 1.08. The van der Waals surface area contributed by atoms with E-state index >= 15 is 0 Å². The van der Waals surface area contributed by atoms with Crippen LogP contribution in [0.2, 0.25) is 0 Å². The monoisotopic (exact) mass is 286 g/mol. The normalized spacial score (nSPS) is 19.4. The van der Waals surface area contributed by atoms with Gasteiger partial charge in [-0.2, -0.15) is 0 Å². The lowest BCUT2D eigenvalue weighted by Gasteiger charge is -2.29. The summed E-state index contributed by atoms with van der Waals surface area (Å²) in [4.78, 5) is 2.53. The second-order valence-electron chi connectivity index (χ2n) is 6.13. The van der Waals surface area contributed by atoms with Crippen LogP contribution >= 0.6 is 0 Å². The van der Waals surface area contributed by atoms with Crippen molar-refractivity contribution in [2.24, 2.45) is 0 Å². The van der Waals surface area contributed by atoms with E-state index in [0.717, 1.165) is 31.0 Å². The molecule has 1 unspecified atom stereocenters. The number of benzene rings is 1. The van der Waals surface area contributed by atoms with Crippen molar-refractivity contribution in [1.82, 2.24) is 10.2 Å². The number of nitrogens with zero attached hydrogens (tertiary/aromatic N) is 1. The molecule has 1 aliphatic heterocycles. The first-order valence-corrected chi connectivity index (χ1v) is 8.28. The van der Waals surface area contributed by atoms with Crippen LogP contribution in [0.3, 0.4) is 0 Å². The Hall–Kier alpha value is -1.32. The van der Waals surface area contributed by atoms with Crippen molar-refractivity contribution in [3.8, 4) is 0 Å². The summed E-state index contributed by atoms with van der Waals surface area (Å²) in [6.07, 6.45) is 5.18. The van der Waals surface area contributed by atoms with Gasteiger partial charge in [-0.25, -0.2) is 0 Å². The number of piperidine rings is 1. The molecule has 0 saturated carbocycles. The average Bonchev–Trinajstić information content (AvgIpc) is 2.90. The van der Waals surface area contributed by atoms with Gasteiger partial charge < -0.3 is 9.73 Å². The van der Waals surface area contributed by atoms with E-state index < -0.39 is 0 Å². The van der Waals surface area contributed by atoms with Gasteiger partial charge in [0.05, 0.1) is 6.54 Å². The van der Waals surface area contributed by atoms with E-state index in [1.165, 1.54) is 37.6 Å². The molecule has 1 N–H and O–H groups in total. The Labute approximate surface area is 127 Å². The van der Waals surface area contributed by atoms with Gasteiger partial charge in [0.2, 0.25) is 0 Å². The molecule has 1 aromatic carbocycles. The van der Waals surface area contributed by atoms with E-state index in [1.807, 2.05) is 12.1 Å². The van der Waals surface area contributed by atoms with Gasteiger partial charge >= 0.3 is 0 Å². The molecule has 3 rings (SSSR count). The van der Waals surface area contributed by atoms with Crippen molar-refractivity contribution < 1.29 is 4.42 Å². The molecular formula is C18H26N2O. The zero-order valence-corrected chi connectivity index (χ0v) is 13.0. The fourth-order valence-electron chi connectivity index (χ4n) is 3.28. The summed E-state index contributed by atoms with van der Waals surface area (Å²) in [5.41, 5.74) is 1.000. The number of hydrogen-bond donors (Lipinski definition) is 1. The number of nitrogens with one attached hydrogen (secondary N) is 1. The second kappa shape index (κ2) is 7.10. The first-order chi connectivity index (χ1) is 10.3. The SMILES string of the molecule is CCCN(Cc1cc2ccccc2o1)CC1CCCCN1. The van der Waals surface area contributed by atoms with Crippen LogP contribution in [0, 0.1) is 0 Å². The van der Waals surface area contributed by atoms with Crippen LogP contribution in [0.1, 0.15) is 38.4 Å². The third-order valence-electron chi connectivity index (χ3n) is 4.29. The third kappa shape index (κ3) is 3.86. The summed E-state index contributed by atoms with van der Waals surface area (Å²) in [5, 5.41) is 4.86. The first-order valence-electron chi connectivity index (χ1n) is 8.28. The summed E-state index contributed by atoms with van der Waals surface area (Å²) in [7, 11) is 0. The molecule has 0 amide bonds. The van der Waals surface area contributed by atoms with E-state index in [2.05, 4.69) is 35.3 Å². The number of furan rings is 1. The Morgan fingerprint density at radius 1 is 1.29 bits per heavy atom. The van der Waals surface area contributed by atoms with Gasteiger partial charge in [-0.1, -0.05) is 31.5 Å². The molecule has 3 nitrogen and oxygen atoms in total. The Morgan fingerprint density at radius 2 is 2.19 bits per heavy atom. The van der Waals surface area contributed by atoms with Crippen LogP contribution in [-0.2, 0) is 6.54 Å². The first kappa shape index (κ1) is 14.6. The molecular weight excluding hydrogens is 260 g/mol. The maximum Gasteiger partial charge on any atom is 0.134 e. The highest BCUT2D eigenvalue weighted by atomic mass is 16.3. The summed E-state index contributed by atoms with van der Waals surface area (Å²) < 4.78 is 5.97. The zero-order valence-electron chi connectivity index (χ0n) is 13.0.